The van der Waals surface area contributed by atoms with E-state index >= 15 is 0 Å². The van der Waals surface area contributed by atoms with Gasteiger partial charge in [0.25, 0.3) is 5.69 Å². The second-order valence-electron chi connectivity index (χ2n) is 8.31. The molecule has 0 N–H and O–H groups in total. The first kappa shape index (κ1) is 21.8. The van der Waals surface area contributed by atoms with Crippen LogP contribution in [-0.4, -0.2) is 47.4 Å². The van der Waals surface area contributed by atoms with E-state index in [1.165, 1.54) is 12.1 Å². The molecule has 0 radical (unpaired) electrons. The van der Waals surface area contributed by atoms with E-state index < -0.39 is 22.6 Å². The van der Waals surface area contributed by atoms with Crippen LogP contribution >= 0.6 is 0 Å². The summed E-state index contributed by atoms with van der Waals surface area (Å²) in [5.74, 6) is -0.284. The summed E-state index contributed by atoms with van der Waals surface area (Å²) >= 11 is 0. The average molecular weight is 422 g/mol. The van der Waals surface area contributed by atoms with Crippen molar-refractivity contribution in [2.45, 2.75) is 52.4 Å². The van der Waals surface area contributed by atoms with Gasteiger partial charge in [-0.05, 0) is 33.6 Å². The van der Waals surface area contributed by atoms with Gasteiger partial charge in [0.05, 0.1) is 17.4 Å². The van der Waals surface area contributed by atoms with Gasteiger partial charge in [0, 0.05) is 36.3 Å². The van der Waals surface area contributed by atoms with E-state index in [1.807, 2.05) is 0 Å². The molecule has 10 heteroatoms. The Morgan fingerprint density at radius 1 is 1.27 bits per heavy atom. The van der Waals surface area contributed by atoms with Crippen molar-refractivity contribution in [1.29, 1.82) is 0 Å². The summed E-state index contributed by atoms with van der Waals surface area (Å²) in [5, 5.41) is 11.2. The molecule has 0 spiro atoms. The van der Waals surface area contributed by atoms with Gasteiger partial charge in [-0.3, -0.25) is 14.9 Å². The van der Waals surface area contributed by atoms with Crippen LogP contribution in [0.4, 0.5) is 10.5 Å². The molecule has 3 rings (SSSR count). The molecule has 2 aliphatic heterocycles. The third kappa shape index (κ3) is 5.38. The van der Waals surface area contributed by atoms with E-state index in [2.05, 4.69) is 0 Å². The Morgan fingerprint density at radius 3 is 2.60 bits per heavy atom. The van der Waals surface area contributed by atoms with Crippen LogP contribution in [0.1, 0.15) is 44.7 Å². The maximum atomic E-state index is 12.5. The van der Waals surface area contributed by atoms with Gasteiger partial charge in [-0.25, -0.2) is 4.79 Å². The monoisotopic (exact) mass is 422 g/mol. The number of carbonyl (C=O) groups is 2. The van der Waals surface area contributed by atoms with Crippen LogP contribution in [0.15, 0.2) is 12.1 Å². The lowest BCUT2D eigenvalue weighted by molar-refractivity contribution is -0.385. The first-order chi connectivity index (χ1) is 14.1. The van der Waals surface area contributed by atoms with Crippen molar-refractivity contribution in [3.8, 4) is 5.75 Å². The zero-order valence-electron chi connectivity index (χ0n) is 17.3. The predicted octanol–water partition coefficient (Wildman–Crippen LogP) is 3.15. The molecule has 1 fully saturated rings. The average Bonchev–Trinajstić information content (AvgIpc) is 2.70. The summed E-state index contributed by atoms with van der Waals surface area (Å²) in [6, 6.07) is 2.74. The fourth-order valence-corrected chi connectivity index (χ4v) is 3.38. The molecule has 0 bridgehead atoms. The summed E-state index contributed by atoms with van der Waals surface area (Å²) in [6.07, 6.45) is 0.544. The molecule has 1 aromatic rings. The Kier molecular flexibility index (Phi) is 6.45. The molecule has 0 aliphatic carbocycles. The van der Waals surface area contributed by atoms with Crippen molar-refractivity contribution in [3.05, 3.63) is 33.4 Å². The molecule has 0 aromatic heterocycles. The van der Waals surface area contributed by atoms with Crippen molar-refractivity contribution in [2.75, 3.05) is 19.9 Å². The normalized spacial score (nSPS) is 17.0. The number of non-ortho nitro benzene ring substituents is 1. The second-order valence-corrected chi connectivity index (χ2v) is 8.31. The molecular weight excluding hydrogens is 396 g/mol. The number of nitro benzene ring substituents is 1. The molecule has 2 heterocycles. The highest BCUT2D eigenvalue weighted by Crippen LogP contribution is 2.33. The highest BCUT2D eigenvalue weighted by Gasteiger charge is 2.31. The SMILES string of the molecule is CC(C)(C)OC(=O)N1CCC(C(=O)OCc2cc([N+](=O)[O-])cc3c2OCOC3)CC1. The standard InChI is InChI=1S/C20H26N2O8/c1-20(2,3)30-19(24)21-6-4-13(5-7-21)18(23)28-11-15-9-16(22(25)26)8-14-10-27-12-29-17(14)15/h8-9,13H,4-7,10-12H2,1-3H3. The quantitative estimate of drug-likeness (QED) is 0.413. The lowest BCUT2D eigenvalue weighted by atomic mass is 9.97. The van der Waals surface area contributed by atoms with E-state index in [9.17, 15) is 19.7 Å². The second kappa shape index (κ2) is 8.86. The Balaban J connectivity index is 1.57. The Morgan fingerprint density at radius 2 is 1.97 bits per heavy atom. The summed E-state index contributed by atoms with van der Waals surface area (Å²) in [4.78, 5) is 36.9. The van der Waals surface area contributed by atoms with E-state index in [-0.39, 0.29) is 31.6 Å². The lowest BCUT2D eigenvalue weighted by Crippen LogP contribution is -2.43. The maximum Gasteiger partial charge on any atom is 0.410 e. The van der Waals surface area contributed by atoms with Crippen LogP contribution < -0.4 is 4.74 Å². The van der Waals surface area contributed by atoms with Crippen molar-refractivity contribution < 1.29 is 33.5 Å². The number of hydrogen-bond acceptors (Lipinski definition) is 8. The fraction of sp³-hybridized carbons (Fsp3) is 0.600. The number of fused-ring (bicyclic) bond motifs is 1. The van der Waals surface area contributed by atoms with Crippen molar-refractivity contribution in [1.82, 2.24) is 4.90 Å². The minimum atomic E-state index is -0.572. The van der Waals surface area contributed by atoms with Gasteiger partial charge in [0.15, 0.2) is 6.79 Å². The Labute approximate surface area is 174 Å². The van der Waals surface area contributed by atoms with E-state index in [0.717, 1.165) is 0 Å². The Hall–Kier alpha value is -2.88. The number of likely N-dealkylation sites (tertiary alicyclic amines) is 1. The zero-order chi connectivity index (χ0) is 21.9. The van der Waals surface area contributed by atoms with Gasteiger partial charge in [0.1, 0.15) is 18.0 Å². The number of carbonyl (C=O) groups excluding carboxylic acids is 2. The summed E-state index contributed by atoms with van der Waals surface area (Å²) in [5.41, 5.74) is 0.297. The number of hydrogen-bond donors (Lipinski definition) is 0. The topological polar surface area (TPSA) is 117 Å². The lowest BCUT2D eigenvalue weighted by Gasteiger charge is -2.32. The predicted molar refractivity (Wildman–Crippen MR) is 104 cm³/mol. The number of rotatable bonds is 4. The van der Waals surface area contributed by atoms with Crippen LogP contribution in [0.5, 0.6) is 5.75 Å². The largest absolute Gasteiger partial charge is 0.467 e. The third-order valence-electron chi connectivity index (χ3n) is 4.83. The fourth-order valence-electron chi connectivity index (χ4n) is 3.38. The molecule has 1 aromatic carbocycles. The van der Waals surface area contributed by atoms with Gasteiger partial charge in [-0.1, -0.05) is 0 Å². The molecule has 0 atom stereocenters. The first-order valence-corrected chi connectivity index (χ1v) is 9.79. The molecule has 0 unspecified atom stereocenters. The van der Waals surface area contributed by atoms with Crippen molar-refractivity contribution in [3.63, 3.8) is 0 Å². The Bertz CT molecular complexity index is 825. The number of benzene rings is 1. The summed E-state index contributed by atoms with van der Waals surface area (Å²) in [7, 11) is 0. The van der Waals surface area contributed by atoms with E-state index in [4.69, 9.17) is 18.9 Å². The maximum absolute atomic E-state index is 12.5. The number of nitrogens with zero attached hydrogens (tertiary/aromatic N) is 2. The molecule has 0 saturated carbocycles. The van der Waals surface area contributed by atoms with Gasteiger partial charge >= 0.3 is 12.1 Å². The number of nitro groups is 1. The summed E-state index contributed by atoms with van der Waals surface area (Å²) < 4.78 is 21.4. The summed E-state index contributed by atoms with van der Waals surface area (Å²) in [6.45, 7) is 6.32. The molecular formula is C20H26N2O8. The van der Waals surface area contributed by atoms with Gasteiger partial charge in [-0.2, -0.15) is 0 Å². The van der Waals surface area contributed by atoms with Gasteiger partial charge in [-0.15, -0.1) is 0 Å². The smallest absolute Gasteiger partial charge is 0.410 e. The molecule has 2 aliphatic rings. The highest BCUT2D eigenvalue weighted by atomic mass is 16.7. The number of amides is 1. The molecule has 164 valence electrons. The van der Waals surface area contributed by atoms with Crippen molar-refractivity contribution >= 4 is 17.7 Å². The molecule has 30 heavy (non-hydrogen) atoms. The minimum absolute atomic E-state index is 0.0366. The van der Waals surface area contributed by atoms with Crippen LogP contribution in [-0.2, 0) is 32.2 Å². The van der Waals surface area contributed by atoms with Crippen molar-refractivity contribution in [2.24, 2.45) is 5.92 Å². The highest BCUT2D eigenvalue weighted by molar-refractivity contribution is 5.74. The van der Waals surface area contributed by atoms with E-state index in [1.54, 1.807) is 25.7 Å². The van der Waals surface area contributed by atoms with Crippen LogP contribution in [0.25, 0.3) is 0 Å². The van der Waals surface area contributed by atoms with E-state index in [0.29, 0.717) is 42.8 Å². The molecule has 1 amide bonds. The minimum Gasteiger partial charge on any atom is -0.467 e. The van der Waals surface area contributed by atoms with Gasteiger partial charge < -0.3 is 23.8 Å². The molecule has 10 nitrogen and oxygen atoms in total. The number of esters is 1. The zero-order valence-corrected chi connectivity index (χ0v) is 17.3. The molecule has 1 saturated heterocycles. The number of ether oxygens (including phenoxy) is 4. The van der Waals surface area contributed by atoms with Crippen LogP contribution in [0.3, 0.4) is 0 Å². The third-order valence-corrected chi connectivity index (χ3v) is 4.83. The number of piperidine rings is 1. The first-order valence-electron chi connectivity index (χ1n) is 9.79. The van der Waals surface area contributed by atoms with Crippen LogP contribution in [0, 0.1) is 16.0 Å². The van der Waals surface area contributed by atoms with Gasteiger partial charge in [0.2, 0.25) is 0 Å². The van der Waals surface area contributed by atoms with Crippen LogP contribution in [0.2, 0.25) is 0 Å².